The number of hydrogen-bond donors (Lipinski definition) is 1. The van der Waals surface area contributed by atoms with Gasteiger partial charge in [-0.05, 0) is 57.9 Å². The van der Waals surface area contributed by atoms with E-state index >= 15 is 0 Å². The zero-order valence-electron chi connectivity index (χ0n) is 14.0. The van der Waals surface area contributed by atoms with Crippen molar-refractivity contribution < 1.29 is 9.47 Å². The van der Waals surface area contributed by atoms with Crippen molar-refractivity contribution in [2.45, 2.75) is 87.9 Å². The minimum absolute atomic E-state index is 0.0538. The lowest BCUT2D eigenvalue weighted by atomic mass is 9.67. The second-order valence-electron chi connectivity index (χ2n) is 7.59. The highest BCUT2D eigenvalue weighted by Gasteiger charge is 2.49. The van der Waals surface area contributed by atoms with Crippen LogP contribution in [-0.4, -0.2) is 38.0 Å². The Labute approximate surface area is 130 Å². The van der Waals surface area contributed by atoms with Gasteiger partial charge in [-0.1, -0.05) is 25.7 Å². The van der Waals surface area contributed by atoms with Crippen LogP contribution in [0.25, 0.3) is 0 Å². The van der Waals surface area contributed by atoms with E-state index in [0.29, 0.717) is 12.0 Å². The summed E-state index contributed by atoms with van der Waals surface area (Å²) in [5.41, 5.74) is 0.288. The van der Waals surface area contributed by atoms with Gasteiger partial charge in [-0.25, -0.2) is 0 Å². The fourth-order valence-electron chi connectivity index (χ4n) is 5.17. The molecular formula is C18H33NO2. The SMILES string of the molecule is CNC(C1CCOC2(CCC2)C1)C1(OC)CCCCCC1. The van der Waals surface area contributed by atoms with Gasteiger partial charge in [-0.15, -0.1) is 0 Å². The van der Waals surface area contributed by atoms with E-state index in [1.807, 2.05) is 7.11 Å². The first kappa shape index (κ1) is 15.8. The number of methoxy groups -OCH3 is 1. The molecule has 1 spiro atoms. The molecule has 21 heavy (non-hydrogen) atoms. The van der Waals surface area contributed by atoms with Crippen molar-refractivity contribution in [1.29, 1.82) is 0 Å². The Morgan fingerprint density at radius 3 is 2.29 bits per heavy atom. The lowest BCUT2D eigenvalue weighted by Gasteiger charge is -2.52. The highest BCUT2D eigenvalue weighted by Crippen LogP contribution is 2.47. The number of nitrogens with one attached hydrogen (secondary N) is 1. The Morgan fingerprint density at radius 1 is 1.05 bits per heavy atom. The average molecular weight is 295 g/mol. The fourth-order valence-corrected chi connectivity index (χ4v) is 5.17. The third-order valence-electron chi connectivity index (χ3n) is 6.50. The first-order chi connectivity index (χ1) is 10.2. The van der Waals surface area contributed by atoms with Crippen molar-refractivity contribution in [3.05, 3.63) is 0 Å². The predicted molar refractivity (Wildman–Crippen MR) is 85.5 cm³/mol. The quantitative estimate of drug-likeness (QED) is 0.803. The number of rotatable bonds is 4. The minimum atomic E-state index is 0.0538. The molecule has 0 amide bonds. The van der Waals surface area contributed by atoms with Crippen LogP contribution in [0.4, 0.5) is 0 Å². The third-order valence-corrected chi connectivity index (χ3v) is 6.50. The largest absolute Gasteiger partial charge is 0.377 e. The molecule has 0 bridgehead atoms. The second kappa shape index (κ2) is 6.55. The molecule has 3 aliphatic rings. The monoisotopic (exact) mass is 295 g/mol. The molecule has 122 valence electrons. The zero-order chi connectivity index (χ0) is 14.8. The van der Waals surface area contributed by atoms with Crippen LogP contribution in [0.3, 0.4) is 0 Å². The van der Waals surface area contributed by atoms with Gasteiger partial charge in [0, 0.05) is 19.8 Å². The van der Waals surface area contributed by atoms with Gasteiger partial charge < -0.3 is 14.8 Å². The van der Waals surface area contributed by atoms with E-state index in [4.69, 9.17) is 9.47 Å². The van der Waals surface area contributed by atoms with Crippen LogP contribution in [0.5, 0.6) is 0 Å². The molecule has 1 aliphatic heterocycles. The molecule has 0 aromatic heterocycles. The Morgan fingerprint density at radius 2 is 1.76 bits per heavy atom. The van der Waals surface area contributed by atoms with Crippen LogP contribution < -0.4 is 5.32 Å². The van der Waals surface area contributed by atoms with Crippen LogP contribution in [0, 0.1) is 5.92 Å². The lowest BCUT2D eigenvalue weighted by Crippen LogP contribution is -2.58. The normalized spacial score (nSPS) is 33.1. The van der Waals surface area contributed by atoms with Crippen molar-refractivity contribution in [3.8, 4) is 0 Å². The van der Waals surface area contributed by atoms with Crippen molar-refractivity contribution >= 4 is 0 Å². The predicted octanol–water partition coefficient (Wildman–Crippen LogP) is 3.66. The summed E-state index contributed by atoms with van der Waals surface area (Å²) in [5, 5.41) is 3.67. The average Bonchev–Trinajstić information content (AvgIpc) is 2.73. The zero-order valence-corrected chi connectivity index (χ0v) is 14.0. The Bertz CT molecular complexity index is 332. The van der Waals surface area contributed by atoms with Gasteiger partial charge >= 0.3 is 0 Å². The lowest BCUT2D eigenvalue weighted by molar-refractivity contribution is -0.162. The maximum Gasteiger partial charge on any atom is 0.0833 e. The highest BCUT2D eigenvalue weighted by molar-refractivity contribution is 5.03. The Balaban J connectivity index is 1.75. The molecule has 1 N–H and O–H groups in total. The standard InChI is InChI=1S/C18H33NO2/c1-19-16(18(20-2)11-5-3-4-6-12-18)15-8-13-21-17(14-15)9-7-10-17/h15-16,19H,3-14H2,1-2H3. The fraction of sp³-hybridized carbons (Fsp3) is 1.00. The summed E-state index contributed by atoms with van der Waals surface area (Å²) >= 11 is 0. The number of hydrogen-bond acceptors (Lipinski definition) is 3. The van der Waals surface area contributed by atoms with E-state index in [1.54, 1.807) is 0 Å². The molecular weight excluding hydrogens is 262 g/mol. The van der Waals surface area contributed by atoms with Gasteiger partial charge in [0.15, 0.2) is 0 Å². The van der Waals surface area contributed by atoms with Gasteiger partial charge in [0.2, 0.25) is 0 Å². The van der Waals surface area contributed by atoms with Crippen molar-refractivity contribution in [1.82, 2.24) is 5.32 Å². The smallest absolute Gasteiger partial charge is 0.0833 e. The van der Waals surface area contributed by atoms with Gasteiger partial charge in [0.05, 0.1) is 11.2 Å². The number of ether oxygens (including phenoxy) is 2. The summed E-state index contributed by atoms with van der Waals surface area (Å²) < 4.78 is 12.3. The number of likely N-dealkylation sites (N-methyl/N-ethyl adjacent to an activating group) is 1. The maximum absolute atomic E-state index is 6.18. The summed E-state index contributed by atoms with van der Waals surface area (Å²) in [5.74, 6) is 0.710. The summed E-state index contributed by atoms with van der Waals surface area (Å²) in [6, 6.07) is 0.488. The molecule has 3 heteroatoms. The van der Waals surface area contributed by atoms with Crippen LogP contribution in [0.2, 0.25) is 0 Å². The Hall–Kier alpha value is -0.120. The van der Waals surface area contributed by atoms with Crippen molar-refractivity contribution in [3.63, 3.8) is 0 Å². The summed E-state index contributed by atoms with van der Waals surface area (Å²) in [6.45, 7) is 0.947. The topological polar surface area (TPSA) is 30.5 Å². The highest BCUT2D eigenvalue weighted by atomic mass is 16.5. The second-order valence-corrected chi connectivity index (χ2v) is 7.59. The van der Waals surface area contributed by atoms with E-state index in [1.165, 1.54) is 70.6 Å². The van der Waals surface area contributed by atoms with Gasteiger partial charge in [0.1, 0.15) is 0 Å². The van der Waals surface area contributed by atoms with Crippen LogP contribution in [0.15, 0.2) is 0 Å². The molecule has 3 fully saturated rings. The van der Waals surface area contributed by atoms with Crippen LogP contribution in [-0.2, 0) is 9.47 Å². The third kappa shape index (κ3) is 3.02. The van der Waals surface area contributed by atoms with Crippen molar-refractivity contribution in [2.24, 2.45) is 5.92 Å². The molecule has 1 saturated heterocycles. The van der Waals surface area contributed by atoms with Gasteiger partial charge in [0.25, 0.3) is 0 Å². The molecule has 0 radical (unpaired) electrons. The van der Waals surface area contributed by atoms with Crippen molar-refractivity contribution in [2.75, 3.05) is 20.8 Å². The molecule has 2 aliphatic carbocycles. The first-order valence-corrected chi connectivity index (χ1v) is 9.10. The van der Waals surface area contributed by atoms with Gasteiger partial charge in [-0.3, -0.25) is 0 Å². The van der Waals surface area contributed by atoms with Crippen LogP contribution >= 0.6 is 0 Å². The van der Waals surface area contributed by atoms with Gasteiger partial charge in [-0.2, -0.15) is 0 Å². The van der Waals surface area contributed by atoms with E-state index in [2.05, 4.69) is 12.4 Å². The molecule has 3 nitrogen and oxygen atoms in total. The molecule has 3 rings (SSSR count). The maximum atomic E-state index is 6.18. The summed E-state index contributed by atoms with van der Waals surface area (Å²) in [6.07, 6.45) is 14.2. The molecule has 2 atom stereocenters. The summed E-state index contributed by atoms with van der Waals surface area (Å²) in [7, 11) is 4.08. The Kier molecular flexibility index (Phi) is 4.92. The molecule has 0 aromatic carbocycles. The molecule has 0 aromatic rings. The van der Waals surface area contributed by atoms with E-state index in [9.17, 15) is 0 Å². The first-order valence-electron chi connectivity index (χ1n) is 9.10. The summed E-state index contributed by atoms with van der Waals surface area (Å²) in [4.78, 5) is 0. The van der Waals surface area contributed by atoms with E-state index < -0.39 is 0 Å². The molecule has 1 heterocycles. The van der Waals surface area contributed by atoms with Crippen LogP contribution in [0.1, 0.15) is 70.6 Å². The molecule has 2 saturated carbocycles. The minimum Gasteiger partial charge on any atom is -0.377 e. The van der Waals surface area contributed by atoms with E-state index in [0.717, 1.165) is 6.61 Å². The van der Waals surface area contributed by atoms with E-state index in [-0.39, 0.29) is 11.2 Å². The molecule has 2 unspecified atom stereocenters.